The standard InChI is InChI=1S/C17H31N3Si/c1-19(2)16-13-17(15-8-6-5-7-14(15)16)21(3,4)20-11-9-18-10-12-20/h5-8,14-18H,9-13H2,1-4H3. The van der Waals surface area contributed by atoms with E-state index in [2.05, 4.69) is 66.3 Å². The molecule has 0 bridgehead atoms. The third-order valence-corrected chi connectivity index (χ3v) is 10.6. The van der Waals surface area contributed by atoms with Crippen molar-refractivity contribution >= 4 is 8.24 Å². The highest BCUT2D eigenvalue weighted by Crippen LogP contribution is 2.51. The average molecular weight is 306 g/mol. The van der Waals surface area contributed by atoms with E-state index in [1.165, 1.54) is 32.6 Å². The molecule has 4 heteroatoms. The average Bonchev–Trinajstić information content (AvgIpc) is 2.88. The van der Waals surface area contributed by atoms with Crippen LogP contribution in [0.3, 0.4) is 0 Å². The van der Waals surface area contributed by atoms with Gasteiger partial charge in [0.05, 0.1) is 0 Å². The van der Waals surface area contributed by atoms with Crippen molar-refractivity contribution in [2.45, 2.75) is 31.1 Å². The fourth-order valence-electron chi connectivity index (χ4n) is 4.79. The zero-order valence-corrected chi connectivity index (χ0v) is 15.0. The van der Waals surface area contributed by atoms with Gasteiger partial charge in [-0.15, -0.1) is 0 Å². The van der Waals surface area contributed by atoms with Gasteiger partial charge in [-0.05, 0) is 37.9 Å². The molecule has 3 aliphatic rings. The summed E-state index contributed by atoms with van der Waals surface area (Å²) >= 11 is 0. The van der Waals surface area contributed by atoms with Crippen molar-refractivity contribution in [1.29, 1.82) is 0 Å². The monoisotopic (exact) mass is 305 g/mol. The van der Waals surface area contributed by atoms with Crippen LogP contribution >= 0.6 is 0 Å². The normalized spacial score (nSPS) is 37.2. The minimum absolute atomic E-state index is 0.718. The Kier molecular flexibility index (Phi) is 4.41. The van der Waals surface area contributed by atoms with Crippen LogP contribution in [0.4, 0.5) is 0 Å². The molecule has 3 nitrogen and oxygen atoms in total. The van der Waals surface area contributed by atoms with Gasteiger partial charge in [0.2, 0.25) is 0 Å². The van der Waals surface area contributed by atoms with Crippen molar-refractivity contribution in [3.05, 3.63) is 24.3 Å². The van der Waals surface area contributed by atoms with Gasteiger partial charge in [0, 0.05) is 32.2 Å². The predicted octanol–water partition coefficient (Wildman–Crippen LogP) is 2.16. The van der Waals surface area contributed by atoms with Gasteiger partial charge in [-0.1, -0.05) is 37.4 Å². The Morgan fingerprint density at radius 1 is 1.05 bits per heavy atom. The summed E-state index contributed by atoms with van der Waals surface area (Å²) in [6.07, 6.45) is 10.9. The molecule has 1 saturated carbocycles. The molecule has 1 saturated heterocycles. The smallest absolute Gasteiger partial charge is 0.126 e. The molecule has 1 heterocycles. The lowest BCUT2D eigenvalue weighted by molar-refractivity contribution is 0.254. The Morgan fingerprint density at radius 3 is 2.29 bits per heavy atom. The third-order valence-electron chi connectivity index (χ3n) is 6.13. The molecule has 0 aromatic heterocycles. The van der Waals surface area contributed by atoms with E-state index in [9.17, 15) is 0 Å². The van der Waals surface area contributed by atoms with E-state index >= 15 is 0 Å². The van der Waals surface area contributed by atoms with Crippen molar-refractivity contribution in [1.82, 2.24) is 14.8 Å². The highest BCUT2D eigenvalue weighted by Gasteiger charge is 2.51. The second-order valence-corrected chi connectivity index (χ2v) is 12.4. The van der Waals surface area contributed by atoms with Gasteiger partial charge in [0.1, 0.15) is 8.24 Å². The van der Waals surface area contributed by atoms with Crippen LogP contribution in [0.1, 0.15) is 6.42 Å². The second-order valence-electron chi connectivity index (χ2n) is 7.69. The quantitative estimate of drug-likeness (QED) is 0.806. The molecule has 0 aromatic carbocycles. The first kappa shape index (κ1) is 15.5. The van der Waals surface area contributed by atoms with Gasteiger partial charge in [-0.2, -0.15) is 0 Å². The molecular formula is C17H31N3Si. The Bertz CT molecular complexity index is 424. The minimum Gasteiger partial charge on any atom is -0.321 e. The molecule has 0 aromatic rings. The van der Waals surface area contributed by atoms with Crippen molar-refractivity contribution < 1.29 is 0 Å². The first-order valence-corrected chi connectivity index (χ1v) is 11.5. The van der Waals surface area contributed by atoms with Crippen LogP contribution < -0.4 is 5.32 Å². The molecule has 2 fully saturated rings. The van der Waals surface area contributed by atoms with E-state index in [0.29, 0.717) is 0 Å². The lowest BCUT2D eigenvalue weighted by Crippen LogP contribution is -2.59. The van der Waals surface area contributed by atoms with Crippen molar-refractivity contribution in [2.75, 3.05) is 40.3 Å². The fourth-order valence-corrected chi connectivity index (χ4v) is 8.73. The summed E-state index contributed by atoms with van der Waals surface area (Å²) in [5, 5.41) is 3.51. The second kappa shape index (κ2) is 5.99. The largest absolute Gasteiger partial charge is 0.321 e. The van der Waals surface area contributed by atoms with E-state index in [-0.39, 0.29) is 0 Å². The molecule has 1 N–H and O–H groups in total. The van der Waals surface area contributed by atoms with Gasteiger partial charge in [-0.3, -0.25) is 0 Å². The summed E-state index contributed by atoms with van der Waals surface area (Å²) in [6, 6.07) is 0.718. The van der Waals surface area contributed by atoms with Crippen LogP contribution in [0, 0.1) is 11.8 Å². The van der Waals surface area contributed by atoms with Crippen LogP contribution in [0.15, 0.2) is 24.3 Å². The lowest BCUT2D eigenvalue weighted by atomic mass is 9.89. The highest BCUT2D eigenvalue weighted by atomic mass is 28.3. The number of hydrogen-bond donors (Lipinski definition) is 1. The summed E-state index contributed by atoms with van der Waals surface area (Å²) in [7, 11) is 3.14. The van der Waals surface area contributed by atoms with E-state index in [0.717, 1.165) is 23.4 Å². The summed E-state index contributed by atoms with van der Waals surface area (Å²) < 4.78 is 2.86. The topological polar surface area (TPSA) is 18.5 Å². The van der Waals surface area contributed by atoms with Crippen LogP contribution in [0.2, 0.25) is 18.6 Å². The molecule has 0 spiro atoms. The number of piperazine rings is 1. The van der Waals surface area contributed by atoms with Gasteiger partial charge in [0.25, 0.3) is 0 Å². The van der Waals surface area contributed by atoms with Crippen LogP contribution in [-0.4, -0.2) is 64.0 Å². The van der Waals surface area contributed by atoms with Gasteiger partial charge in [0.15, 0.2) is 0 Å². The zero-order chi connectivity index (χ0) is 15.0. The van der Waals surface area contributed by atoms with Crippen molar-refractivity contribution in [3.8, 4) is 0 Å². The Morgan fingerprint density at radius 2 is 1.67 bits per heavy atom. The van der Waals surface area contributed by atoms with E-state index in [4.69, 9.17) is 0 Å². The van der Waals surface area contributed by atoms with Crippen LogP contribution in [0.25, 0.3) is 0 Å². The van der Waals surface area contributed by atoms with E-state index < -0.39 is 8.24 Å². The minimum atomic E-state index is -1.38. The molecule has 118 valence electrons. The van der Waals surface area contributed by atoms with E-state index in [1.54, 1.807) is 0 Å². The Hall–Kier alpha value is -0.423. The highest BCUT2D eigenvalue weighted by molar-refractivity contribution is 6.76. The molecule has 2 aliphatic carbocycles. The van der Waals surface area contributed by atoms with Crippen molar-refractivity contribution in [2.24, 2.45) is 11.8 Å². The lowest BCUT2D eigenvalue weighted by Gasteiger charge is -2.45. The molecule has 4 atom stereocenters. The number of fused-ring (bicyclic) bond motifs is 1. The zero-order valence-electron chi connectivity index (χ0n) is 14.0. The Labute approximate surface area is 131 Å². The van der Waals surface area contributed by atoms with E-state index in [1.807, 2.05) is 0 Å². The maximum absolute atomic E-state index is 3.51. The van der Waals surface area contributed by atoms with Gasteiger partial charge < -0.3 is 14.8 Å². The Balaban J connectivity index is 1.83. The maximum Gasteiger partial charge on any atom is 0.126 e. The van der Waals surface area contributed by atoms with Gasteiger partial charge >= 0.3 is 0 Å². The third kappa shape index (κ3) is 2.79. The fraction of sp³-hybridized carbons (Fsp3) is 0.765. The molecule has 0 amide bonds. The number of nitrogens with one attached hydrogen (secondary N) is 1. The molecule has 1 aliphatic heterocycles. The summed E-state index contributed by atoms with van der Waals surface area (Å²) in [6.45, 7) is 10.1. The predicted molar refractivity (Wildman–Crippen MR) is 93.0 cm³/mol. The summed E-state index contributed by atoms with van der Waals surface area (Å²) in [5.74, 6) is 1.49. The molecule has 0 radical (unpaired) electrons. The van der Waals surface area contributed by atoms with Crippen molar-refractivity contribution in [3.63, 3.8) is 0 Å². The van der Waals surface area contributed by atoms with Crippen LogP contribution in [-0.2, 0) is 0 Å². The molecule has 4 unspecified atom stereocenters. The first-order valence-electron chi connectivity index (χ1n) is 8.49. The first-order chi connectivity index (χ1) is 10.0. The summed E-state index contributed by atoms with van der Waals surface area (Å²) in [4.78, 5) is 2.46. The summed E-state index contributed by atoms with van der Waals surface area (Å²) in [5.41, 5.74) is 0.884. The number of allylic oxidation sites excluding steroid dienone is 3. The molecule has 21 heavy (non-hydrogen) atoms. The van der Waals surface area contributed by atoms with Crippen LogP contribution in [0.5, 0.6) is 0 Å². The SMILES string of the molecule is CN(C)C1CC([Si](C)(C)N2CCNCC2)C2C=CC=CC21. The molecule has 3 rings (SSSR count). The molecular weight excluding hydrogens is 274 g/mol. The maximum atomic E-state index is 3.51. The number of nitrogens with zero attached hydrogens (tertiary/aromatic N) is 2. The number of hydrogen-bond acceptors (Lipinski definition) is 3. The van der Waals surface area contributed by atoms with Gasteiger partial charge in [-0.25, -0.2) is 0 Å². The number of rotatable bonds is 3.